The van der Waals surface area contributed by atoms with Gasteiger partial charge in [-0.1, -0.05) is 30.3 Å². The van der Waals surface area contributed by atoms with E-state index in [0.717, 1.165) is 19.4 Å². The highest BCUT2D eigenvalue weighted by Crippen LogP contribution is 2.16. The molecule has 1 aromatic rings. The summed E-state index contributed by atoms with van der Waals surface area (Å²) in [6.07, 6.45) is 3.24. The second kappa shape index (κ2) is 5.47. The van der Waals surface area contributed by atoms with Crippen LogP contribution in [-0.4, -0.2) is 23.5 Å². The van der Waals surface area contributed by atoms with Gasteiger partial charge < -0.3 is 0 Å². The molecule has 1 aromatic carbocycles. The third-order valence-electron chi connectivity index (χ3n) is 2.91. The van der Waals surface area contributed by atoms with E-state index in [0.29, 0.717) is 0 Å². The fourth-order valence-corrected chi connectivity index (χ4v) is 2.18. The van der Waals surface area contributed by atoms with Gasteiger partial charge in [0.25, 0.3) is 0 Å². The highest BCUT2D eigenvalue weighted by atomic mass is 14.8. The van der Waals surface area contributed by atoms with Crippen LogP contribution in [0.15, 0.2) is 40.3 Å². The molecule has 0 unspecified atom stereocenters. The van der Waals surface area contributed by atoms with Crippen LogP contribution in [0.4, 0.5) is 0 Å². The van der Waals surface area contributed by atoms with Crippen LogP contribution in [0.3, 0.4) is 0 Å². The van der Waals surface area contributed by atoms with Gasteiger partial charge in [-0.25, -0.2) is 0 Å². The number of aliphatic imine (C=N–C) groups is 2. The van der Waals surface area contributed by atoms with Gasteiger partial charge in [0.05, 0.1) is 5.54 Å². The molecule has 18 heavy (non-hydrogen) atoms. The largest absolute Gasteiger partial charge is 0.294 e. The summed E-state index contributed by atoms with van der Waals surface area (Å²) in [5, 5.41) is 0. The average molecular weight is 242 g/mol. The van der Waals surface area contributed by atoms with Gasteiger partial charge in [0, 0.05) is 24.4 Å². The van der Waals surface area contributed by atoms with Crippen LogP contribution in [0.25, 0.3) is 0 Å². The van der Waals surface area contributed by atoms with Gasteiger partial charge in [0.1, 0.15) is 0 Å². The van der Waals surface area contributed by atoms with Gasteiger partial charge in [-0.3, -0.25) is 9.98 Å². The van der Waals surface area contributed by atoms with E-state index < -0.39 is 0 Å². The van der Waals surface area contributed by atoms with E-state index in [9.17, 15) is 0 Å². The Bertz CT molecular complexity index is 450. The van der Waals surface area contributed by atoms with Crippen molar-refractivity contribution in [1.82, 2.24) is 0 Å². The minimum atomic E-state index is -0.0374. The summed E-state index contributed by atoms with van der Waals surface area (Å²) in [7, 11) is 0. The highest BCUT2D eigenvalue weighted by molar-refractivity contribution is 6.13. The zero-order chi connectivity index (χ0) is 13.0. The Kier molecular flexibility index (Phi) is 3.95. The summed E-state index contributed by atoms with van der Waals surface area (Å²) in [5.41, 5.74) is 3.66. The maximum absolute atomic E-state index is 4.88. The Morgan fingerprint density at radius 2 is 1.94 bits per heavy atom. The first-order valence-electron chi connectivity index (χ1n) is 6.71. The van der Waals surface area contributed by atoms with Crippen molar-refractivity contribution in [2.45, 2.75) is 45.6 Å². The van der Waals surface area contributed by atoms with Crippen molar-refractivity contribution in [1.29, 1.82) is 0 Å². The quantitative estimate of drug-likeness (QED) is 0.718. The van der Waals surface area contributed by atoms with Crippen LogP contribution >= 0.6 is 0 Å². The van der Waals surface area contributed by atoms with E-state index in [1.807, 2.05) is 6.07 Å². The fourth-order valence-electron chi connectivity index (χ4n) is 2.18. The maximum Gasteiger partial charge on any atom is 0.0527 e. The summed E-state index contributed by atoms with van der Waals surface area (Å²) >= 11 is 0. The van der Waals surface area contributed by atoms with Crippen molar-refractivity contribution in [3.8, 4) is 0 Å². The molecule has 1 heterocycles. The summed E-state index contributed by atoms with van der Waals surface area (Å²) in [6.45, 7) is 7.43. The van der Waals surface area contributed by atoms with Gasteiger partial charge in [-0.15, -0.1) is 0 Å². The number of nitrogens with zero attached hydrogens (tertiary/aromatic N) is 2. The Hall–Kier alpha value is -1.44. The smallest absolute Gasteiger partial charge is 0.0527 e. The maximum atomic E-state index is 4.88. The van der Waals surface area contributed by atoms with Gasteiger partial charge in [-0.05, 0) is 39.2 Å². The molecule has 0 aliphatic carbocycles. The lowest BCUT2D eigenvalue weighted by atomic mass is 10.0. The number of hydrogen-bond donors (Lipinski definition) is 0. The first-order valence-corrected chi connectivity index (χ1v) is 6.71. The molecule has 0 saturated carbocycles. The van der Waals surface area contributed by atoms with Crippen molar-refractivity contribution < 1.29 is 0 Å². The molecule has 2 rings (SSSR count). The molecule has 0 amide bonds. The zero-order valence-electron chi connectivity index (χ0n) is 11.6. The Balaban J connectivity index is 2.26. The monoisotopic (exact) mass is 242 g/mol. The third-order valence-corrected chi connectivity index (χ3v) is 2.91. The summed E-state index contributed by atoms with van der Waals surface area (Å²) in [5.74, 6) is 0. The van der Waals surface area contributed by atoms with Crippen molar-refractivity contribution in [2.24, 2.45) is 9.98 Å². The van der Waals surface area contributed by atoms with Crippen LogP contribution in [0.2, 0.25) is 0 Å². The first kappa shape index (κ1) is 13.0. The lowest BCUT2D eigenvalue weighted by molar-refractivity contribution is 0.583. The van der Waals surface area contributed by atoms with Gasteiger partial charge in [0.2, 0.25) is 0 Å². The molecule has 0 bridgehead atoms. The van der Waals surface area contributed by atoms with Gasteiger partial charge in [-0.2, -0.15) is 0 Å². The van der Waals surface area contributed by atoms with Crippen LogP contribution in [0.1, 0.15) is 45.6 Å². The van der Waals surface area contributed by atoms with Gasteiger partial charge >= 0.3 is 0 Å². The number of hydrogen-bond acceptors (Lipinski definition) is 2. The molecule has 2 heteroatoms. The zero-order valence-corrected chi connectivity index (χ0v) is 11.6. The van der Waals surface area contributed by atoms with Crippen LogP contribution < -0.4 is 0 Å². The predicted molar refractivity (Wildman–Crippen MR) is 78.9 cm³/mol. The summed E-state index contributed by atoms with van der Waals surface area (Å²) < 4.78 is 0. The topological polar surface area (TPSA) is 24.7 Å². The van der Waals surface area contributed by atoms with E-state index in [-0.39, 0.29) is 5.54 Å². The molecule has 1 aliphatic heterocycles. The molecule has 0 spiro atoms. The normalized spacial score (nSPS) is 16.8. The minimum Gasteiger partial charge on any atom is -0.294 e. The van der Waals surface area contributed by atoms with E-state index in [1.165, 1.54) is 23.4 Å². The lowest BCUT2D eigenvalue weighted by Gasteiger charge is -2.16. The van der Waals surface area contributed by atoms with Crippen LogP contribution in [-0.2, 0) is 0 Å². The molecule has 0 radical (unpaired) electrons. The SMILES string of the molecule is CC(C)(C)N=C(CC1=NCCC1)c1ccccc1. The van der Waals surface area contributed by atoms with Crippen molar-refractivity contribution in [3.63, 3.8) is 0 Å². The summed E-state index contributed by atoms with van der Waals surface area (Å²) in [4.78, 5) is 9.45. The molecule has 0 atom stereocenters. The third kappa shape index (κ3) is 3.80. The molecule has 2 nitrogen and oxygen atoms in total. The van der Waals surface area contributed by atoms with Crippen LogP contribution in [0.5, 0.6) is 0 Å². The van der Waals surface area contributed by atoms with Crippen molar-refractivity contribution >= 4 is 11.4 Å². The summed E-state index contributed by atoms with van der Waals surface area (Å²) in [6, 6.07) is 10.5. The van der Waals surface area contributed by atoms with E-state index in [1.54, 1.807) is 0 Å². The first-order chi connectivity index (χ1) is 8.54. The molecular weight excluding hydrogens is 220 g/mol. The molecule has 96 valence electrons. The molecule has 0 saturated heterocycles. The fraction of sp³-hybridized carbons (Fsp3) is 0.500. The molecule has 0 N–H and O–H groups in total. The second-order valence-electron chi connectivity index (χ2n) is 5.82. The molecular formula is C16H22N2. The Morgan fingerprint density at radius 3 is 2.50 bits per heavy atom. The number of benzene rings is 1. The van der Waals surface area contributed by atoms with Crippen LogP contribution in [0, 0.1) is 0 Å². The van der Waals surface area contributed by atoms with Gasteiger partial charge in [0.15, 0.2) is 0 Å². The predicted octanol–water partition coefficient (Wildman–Crippen LogP) is 3.90. The van der Waals surface area contributed by atoms with Crippen molar-refractivity contribution in [2.75, 3.05) is 6.54 Å². The standard InChI is InChI=1S/C16H22N2/c1-16(2,3)18-15(12-14-10-7-11-17-14)13-8-5-4-6-9-13/h4-6,8-9H,7,10-12H2,1-3H3. The van der Waals surface area contributed by atoms with Crippen molar-refractivity contribution in [3.05, 3.63) is 35.9 Å². The van der Waals surface area contributed by atoms with E-state index in [4.69, 9.17) is 4.99 Å². The van der Waals surface area contributed by atoms with E-state index >= 15 is 0 Å². The lowest BCUT2D eigenvalue weighted by Crippen LogP contribution is -2.17. The highest BCUT2D eigenvalue weighted by Gasteiger charge is 2.15. The minimum absolute atomic E-state index is 0.0374. The average Bonchev–Trinajstić information content (AvgIpc) is 2.80. The Morgan fingerprint density at radius 1 is 1.22 bits per heavy atom. The number of rotatable bonds is 3. The molecule has 1 aliphatic rings. The molecule has 0 aromatic heterocycles. The molecule has 0 fully saturated rings. The Labute approximate surface area is 110 Å². The second-order valence-corrected chi connectivity index (χ2v) is 5.82. The van der Waals surface area contributed by atoms with E-state index in [2.05, 4.69) is 50.0 Å².